The van der Waals surface area contributed by atoms with Gasteiger partial charge in [0.25, 0.3) is 0 Å². The summed E-state index contributed by atoms with van der Waals surface area (Å²) in [6.07, 6.45) is 2.32. The van der Waals surface area contributed by atoms with Crippen molar-refractivity contribution in [2.75, 3.05) is 6.54 Å². The summed E-state index contributed by atoms with van der Waals surface area (Å²) in [6.45, 7) is 3.90. The van der Waals surface area contributed by atoms with Crippen molar-refractivity contribution in [3.05, 3.63) is 35.9 Å². The van der Waals surface area contributed by atoms with E-state index in [0.717, 1.165) is 13.0 Å². The van der Waals surface area contributed by atoms with E-state index in [4.69, 9.17) is 4.74 Å². The molecule has 0 aromatic heterocycles. The second-order valence-electron chi connectivity index (χ2n) is 4.04. The van der Waals surface area contributed by atoms with Gasteiger partial charge in [-0.3, -0.25) is 5.32 Å². The number of ether oxygens (including phenoxy) is 1. The summed E-state index contributed by atoms with van der Waals surface area (Å²) in [7, 11) is 0. The number of hydrogen-bond donors (Lipinski definition) is 1. The van der Waals surface area contributed by atoms with E-state index in [1.807, 2.05) is 18.2 Å². The molecule has 1 aromatic rings. The molecule has 1 aliphatic rings. The Bertz CT molecular complexity index is 278. The Morgan fingerprint density at radius 2 is 2.14 bits per heavy atom. The molecule has 2 rings (SSSR count). The summed E-state index contributed by atoms with van der Waals surface area (Å²) in [5.41, 5.74) is 1.14. The minimum Gasteiger partial charge on any atom is -0.356 e. The number of hydrogen-bond acceptors (Lipinski definition) is 2. The van der Waals surface area contributed by atoms with E-state index < -0.39 is 0 Å². The van der Waals surface area contributed by atoms with Crippen molar-refractivity contribution >= 4 is 0 Å². The summed E-state index contributed by atoms with van der Waals surface area (Å²) in [5, 5.41) is 3.38. The lowest BCUT2D eigenvalue weighted by Crippen LogP contribution is -2.38. The van der Waals surface area contributed by atoms with Gasteiger partial charge in [0.05, 0.1) is 6.61 Å². The lowest BCUT2D eigenvalue weighted by molar-refractivity contribution is -0.0542. The van der Waals surface area contributed by atoms with Crippen LogP contribution in [0.2, 0.25) is 0 Å². The molecule has 1 N–H and O–H groups in total. The Kier molecular flexibility index (Phi) is 2.85. The lowest BCUT2D eigenvalue weighted by Gasteiger charge is -2.24. The molecular formula is C12H17NO. The zero-order valence-electron chi connectivity index (χ0n) is 8.62. The fourth-order valence-corrected chi connectivity index (χ4v) is 1.81. The number of benzene rings is 1. The maximum atomic E-state index is 5.87. The molecule has 2 heteroatoms. The Morgan fingerprint density at radius 3 is 2.79 bits per heavy atom. The van der Waals surface area contributed by atoms with Crippen LogP contribution in [0.25, 0.3) is 0 Å². The molecule has 0 unspecified atom stereocenters. The minimum absolute atomic E-state index is 0.101. The molecule has 0 spiro atoms. The SMILES string of the molecule is C[C@]1(OCc2ccccc2)CCCN1. The average Bonchev–Trinajstić information content (AvgIpc) is 2.65. The fourth-order valence-electron chi connectivity index (χ4n) is 1.81. The Labute approximate surface area is 85.3 Å². The van der Waals surface area contributed by atoms with Gasteiger partial charge in [-0.25, -0.2) is 0 Å². The Hall–Kier alpha value is -0.860. The highest BCUT2D eigenvalue weighted by atomic mass is 16.5. The van der Waals surface area contributed by atoms with Gasteiger partial charge in [-0.1, -0.05) is 30.3 Å². The Morgan fingerprint density at radius 1 is 1.36 bits per heavy atom. The van der Waals surface area contributed by atoms with Crippen LogP contribution in [0.15, 0.2) is 30.3 Å². The van der Waals surface area contributed by atoms with Crippen molar-refractivity contribution in [2.24, 2.45) is 0 Å². The van der Waals surface area contributed by atoms with Crippen molar-refractivity contribution in [2.45, 2.75) is 32.1 Å². The molecule has 1 saturated heterocycles. The van der Waals surface area contributed by atoms with E-state index in [1.54, 1.807) is 0 Å². The largest absolute Gasteiger partial charge is 0.356 e. The topological polar surface area (TPSA) is 21.3 Å². The van der Waals surface area contributed by atoms with Crippen LogP contribution < -0.4 is 5.32 Å². The van der Waals surface area contributed by atoms with Crippen molar-refractivity contribution in [1.29, 1.82) is 0 Å². The lowest BCUT2D eigenvalue weighted by atomic mass is 10.2. The van der Waals surface area contributed by atoms with Gasteiger partial charge in [0.2, 0.25) is 0 Å². The molecule has 14 heavy (non-hydrogen) atoms. The molecule has 0 aliphatic carbocycles. The molecule has 1 aliphatic heterocycles. The summed E-state index contributed by atoms with van der Waals surface area (Å²) in [5.74, 6) is 0. The second-order valence-corrected chi connectivity index (χ2v) is 4.04. The first-order valence-electron chi connectivity index (χ1n) is 5.21. The van der Waals surface area contributed by atoms with Gasteiger partial charge >= 0.3 is 0 Å². The van der Waals surface area contributed by atoms with Crippen LogP contribution in [-0.4, -0.2) is 12.3 Å². The van der Waals surface area contributed by atoms with Crippen LogP contribution >= 0.6 is 0 Å². The predicted molar refractivity (Wildman–Crippen MR) is 56.9 cm³/mol. The van der Waals surface area contributed by atoms with Crippen LogP contribution in [0.1, 0.15) is 25.3 Å². The first-order valence-corrected chi connectivity index (χ1v) is 5.21. The van der Waals surface area contributed by atoms with Gasteiger partial charge in [-0.2, -0.15) is 0 Å². The van der Waals surface area contributed by atoms with Gasteiger partial charge < -0.3 is 4.74 Å². The van der Waals surface area contributed by atoms with Gasteiger partial charge in [0.15, 0.2) is 0 Å². The van der Waals surface area contributed by atoms with Gasteiger partial charge in [-0.15, -0.1) is 0 Å². The van der Waals surface area contributed by atoms with E-state index in [9.17, 15) is 0 Å². The summed E-state index contributed by atoms with van der Waals surface area (Å²) >= 11 is 0. The zero-order valence-corrected chi connectivity index (χ0v) is 8.62. The van der Waals surface area contributed by atoms with Crippen LogP contribution in [0.4, 0.5) is 0 Å². The fraction of sp³-hybridized carbons (Fsp3) is 0.500. The molecule has 0 amide bonds. The van der Waals surface area contributed by atoms with Crippen LogP contribution in [-0.2, 0) is 11.3 Å². The third-order valence-electron chi connectivity index (χ3n) is 2.73. The van der Waals surface area contributed by atoms with Gasteiger partial charge in [0, 0.05) is 0 Å². The molecule has 0 saturated carbocycles. The first-order chi connectivity index (χ1) is 6.79. The van der Waals surface area contributed by atoms with Crippen molar-refractivity contribution in [3.8, 4) is 0 Å². The maximum Gasteiger partial charge on any atom is 0.116 e. The first kappa shape index (κ1) is 9.69. The van der Waals surface area contributed by atoms with E-state index in [0.29, 0.717) is 6.61 Å². The summed E-state index contributed by atoms with van der Waals surface area (Å²) in [4.78, 5) is 0. The molecule has 1 fully saturated rings. The number of rotatable bonds is 3. The monoisotopic (exact) mass is 191 g/mol. The van der Waals surface area contributed by atoms with E-state index in [-0.39, 0.29) is 5.72 Å². The van der Waals surface area contributed by atoms with Gasteiger partial charge in [0.1, 0.15) is 5.72 Å². The van der Waals surface area contributed by atoms with E-state index in [1.165, 1.54) is 12.0 Å². The molecule has 0 bridgehead atoms. The molecule has 76 valence electrons. The van der Waals surface area contributed by atoms with Crippen molar-refractivity contribution in [3.63, 3.8) is 0 Å². The highest BCUT2D eigenvalue weighted by molar-refractivity contribution is 5.13. The van der Waals surface area contributed by atoms with Crippen LogP contribution in [0.5, 0.6) is 0 Å². The minimum atomic E-state index is -0.101. The molecule has 1 heterocycles. The standard InChI is InChI=1S/C12H17NO/c1-12(8-5-9-13-12)14-10-11-6-3-2-4-7-11/h2-4,6-7,13H,5,8-10H2,1H3/t12-/m0/s1. The van der Waals surface area contributed by atoms with Crippen LogP contribution in [0.3, 0.4) is 0 Å². The summed E-state index contributed by atoms with van der Waals surface area (Å²) < 4.78 is 5.87. The summed E-state index contributed by atoms with van der Waals surface area (Å²) in [6, 6.07) is 10.3. The number of nitrogens with one attached hydrogen (secondary N) is 1. The third kappa shape index (κ3) is 2.34. The normalized spacial score (nSPS) is 26.6. The smallest absolute Gasteiger partial charge is 0.116 e. The van der Waals surface area contributed by atoms with Crippen molar-refractivity contribution in [1.82, 2.24) is 5.32 Å². The quantitative estimate of drug-likeness (QED) is 0.791. The average molecular weight is 191 g/mol. The highest BCUT2D eigenvalue weighted by Gasteiger charge is 2.28. The highest BCUT2D eigenvalue weighted by Crippen LogP contribution is 2.21. The predicted octanol–water partition coefficient (Wildman–Crippen LogP) is 2.30. The maximum absolute atomic E-state index is 5.87. The molecule has 1 aromatic carbocycles. The van der Waals surface area contributed by atoms with Gasteiger partial charge in [-0.05, 0) is 31.9 Å². The molecule has 0 radical (unpaired) electrons. The zero-order chi connectivity index (χ0) is 9.86. The molecule has 2 nitrogen and oxygen atoms in total. The van der Waals surface area contributed by atoms with Crippen LogP contribution in [0, 0.1) is 0 Å². The Balaban J connectivity index is 1.88. The molecular weight excluding hydrogens is 174 g/mol. The van der Waals surface area contributed by atoms with E-state index >= 15 is 0 Å². The third-order valence-corrected chi connectivity index (χ3v) is 2.73. The second kappa shape index (κ2) is 4.11. The molecule has 1 atom stereocenters. The van der Waals surface area contributed by atoms with Crippen molar-refractivity contribution < 1.29 is 4.74 Å². The van der Waals surface area contributed by atoms with E-state index in [2.05, 4.69) is 24.4 Å².